The van der Waals surface area contributed by atoms with Gasteiger partial charge in [0.15, 0.2) is 17.9 Å². The zero-order valence-corrected chi connectivity index (χ0v) is 28.5. The first kappa shape index (κ1) is 34.7. The van der Waals surface area contributed by atoms with Gasteiger partial charge in [-0.2, -0.15) is 5.26 Å². The van der Waals surface area contributed by atoms with E-state index in [0.29, 0.717) is 29.6 Å². The van der Waals surface area contributed by atoms with Crippen LogP contribution in [0.4, 0.5) is 0 Å². The van der Waals surface area contributed by atoms with E-state index in [9.17, 15) is 24.8 Å². The molecule has 0 amide bonds. The fraction of sp³-hybridized carbons (Fsp3) is 0.641. The third-order valence-corrected chi connectivity index (χ3v) is 11.9. The summed E-state index contributed by atoms with van der Waals surface area (Å²) >= 11 is 0. The molecule has 1 aliphatic heterocycles. The number of Topliss-reactive ketones (excluding diaryl/α,β-unsaturated/α-hetero) is 2. The zero-order valence-electron chi connectivity index (χ0n) is 28.5. The SMILES string of the molecule is CC[C@H]1CCCC[C@@H](C)C(=O)C2=C[C@@H]3[C@@H](C4C(=O)C(c5ccc(C#N)cc5)=CC4C4C[C@@H](OC(O)[C@H](COC)OC)C[C@H]43)[C@@H]2CC(=O)O1. The number of esters is 1. The van der Waals surface area contributed by atoms with E-state index in [-0.39, 0.29) is 78.3 Å². The molecule has 4 unspecified atom stereocenters. The van der Waals surface area contributed by atoms with Crippen LogP contribution in [0, 0.1) is 58.7 Å². The van der Waals surface area contributed by atoms with Gasteiger partial charge in [0.25, 0.3) is 0 Å². The lowest BCUT2D eigenvalue weighted by Gasteiger charge is -2.45. The Balaban J connectivity index is 1.38. The van der Waals surface area contributed by atoms with Crippen LogP contribution in [0.1, 0.15) is 76.3 Å². The monoisotopic (exact) mass is 659 g/mol. The summed E-state index contributed by atoms with van der Waals surface area (Å²) in [5, 5.41) is 20.3. The van der Waals surface area contributed by atoms with E-state index < -0.39 is 24.2 Å². The summed E-state index contributed by atoms with van der Waals surface area (Å²) < 4.78 is 22.9. The van der Waals surface area contributed by atoms with Gasteiger partial charge in [-0.05, 0) is 91.4 Å². The number of nitrogens with zero attached hydrogens (tertiary/aromatic N) is 1. The minimum atomic E-state index is -1.18. The smallest absolute Gasteiger partial charge is 0.306 e. The van der Waals surface area contributed by atoms with Gasteiger partial charge in [0, 0.05) is 37.5 Å². The highest BCUT2D eigenvalue weighted by Crippen LogP contribution is 2.63. The van der Waals surface area contributed by atoms with E-state index in [2.05, 4.69) is 18.2 Å². The number of ketones is 2. The van der Waals surface area contributed by atoms with Crippen LogP contribution in [-0.2, 0) is 33.3 Å². The highest BCUT2D eigenvalue weighted by atomic mass is 16.6. The van der Waals surface area contributed by atoms with Gasteiger partial charge in [-0.25, -0.2) is 0 Å². The molecule has 1 heterocycles. The Hall–Kier alpha value is -3.16. The van der Waals surface area contributed by atoms with E-state index in [1.54, 1.807) is 19.2 Å². The number of cyclic esters (lactones) is 1. The number of carbonyl (C=O) groups is 3. The number of fused-ring (bicyclic) bond motifs is 8. The van der Waals surface area contributed by atoms with Gasteiger partial charge in [-0.1, -0.05) is 44.6 Å². The average molecular weight is 660 g/mol. The quantitative estimate of drug-likeness (QED) is 0.286. The minimum Gasteiger partial charge on any atom is -0.462 e. The van der Waals surface area contributed by atoms with E-state index in [0.717, 1.165) is 37.7 Å². The van der Waals surface area contributed by atoms with Crippen molar-refractivity contribution in [1.82, 2.24) is 0 Å². The average Bonchev–Trinajstić information content (AvgIpc) is 3.77. The largest absolute Gasteiger partial charge is 0.462 e. The molecule has 258 valence electrons. The van der Waals surface area contributed by atoms with Crippen LogP contribution >= 0.6 is 0 Å². The van der Waals surface area contributed by atoms with Crippen LogP contribution in [0.3, 0.4) is 0 Å². The van der Waals surface area contributed by atoms with Gasteiger partial charge >= 0.3 is 5.97 Å². The Morgan fingerprint density at radius 3 is 2.38 bits per heavy atom. The molecule has 5 aliphatic rings. The second kappa shape index (κ2) is 14.8. The first-order chi connectivity index (χ1) is 23.2. The highest BCUT2D eigenvalue weighted by Gasteiger charge is 2.62. The first-order valence-corrected chi connectivity index (χ1v) is 17.8. The number of allylic oxidation sites excluding steroid dienone is 4. The van der Waals surface area contributed by atoms with Crippen LogP contribution in [0.5, 0.6) is 0 Å². The molecule has 3 fully saturated rings. The molecule has 48 heavy (non-hydrogen) atoms. The van der Waals surface area contributed by atoms with Crippen molar-refractivity contribution in [2.75, 3.05) is 20.8 Å². The molecule has 0 spiro atoms. The number of hydrogen-bond acceptors (Lipinski definition) is 9. The van der Waals surface area contributed by atoms with Crippen molar-refractivity contribution in [1.29, 1.82) is 5.26 Å². The molecular weight excluding hydrogens is 610 g/mol. The van der Waals surface area contributed by atoms with Crippen LogP contribution < -0.4 is 0 Å². The molecule has 0 bridgehead atoms. The third-order valence-electron chi connectivity index (χ3n) is 11.9. The Labute approximate surface area is 283 Å². The second-order valence-electron chi connectivity index (χ2n) is 14.6. The van der Waals surface area contributed by atoms with Gasteiger partial charge in [-0.15, -0.1) is 0 Å². The lowest BCUT2D eigenvalue weighted by molar-refractivity contribution is -0.204. The molecule has 9 nitrogen and oxygen atoms in total. The van der Waals surface area contributed by atoms with E-state index in [1.165, 1.54) is 7.11 Å². The standard InChI is InChI=1S/C39H49NO8/c1-5-24-9-7-6-8-21(2)37(42)32-17-29-27-14-25(48-39(44)33(46-4)20-45-3)15-28(27)30-16-26(23-12-10-22(19-40)11-13-23)38(43)36(30)35(29)31(32)18-34(41)47-24/h10-13,16-17,21,24-25,27-31,33,35-36,39,44H,5-9,14-15,18,20H2,1-4H3/t21-,24+,25+,27-,28?,29+,30?,31-,33+,35-,36?,39?/m1/s1. The number of carbonyl (C=O) groups excluding carboxylic acids is 3. The fourth-order valence-electron chi connectivity index (χ4n) is 9.61. The first-order valence-electron chi connectivity index (χ1n) is 17.8. The van der Waals surface area contributed by atoms with Crippen LogP contribution in [0.15, 0.2) is 42.0 Å². The number of hydrogen-bond donors (Lipinski definition) is 1. The second-order valence-corrected chi connectivity index (χ2v) is 14.6. The summed E-state index contributed by atoms with van der Waals surface area (Å²) in [6.07, 6.45) is 7.47. The van der Waals surface area contributed by atoms with Crippen molar-refractivity contribution < 1.29 is 38.4 Å². The topological polar surface area (TPSA) is 132 Å². The predicted molar refractivity (Wildman–Crippen MR) is 177 cm³/mol. The number of aliphatic hydroxyl groups excluding tert-OH is 1. The van der Waals surface area contributed by atoms with Crippen molar-refractivity contribution in [3.05, 3.63) is 53.1 Å². The van der Waals surface area contributed by atoms with Crippen LogP contribution in [-0.4, -0.2) is 68.1 Å². The number of methoxy groups -OCH3 is 2. The molecule has 9 heteroatoms. The number of nitriles is 1. The van der Waals surface area contributed by atoms with Crippen molar-refractivity contribution in [2.45, 2.75) is 89.8 Å². The maximum atomic E-state index is 14.6. The zero-order chi connectivity index (χ0) is 34.1. The number of rotatable bonds is 8. The van der Waals surface area contributed by atoms with Gasteiger partial charge in [0.2, 0.25) is 0 Å². The third kappa shape index (κ3) is 6.57. The Bertz CT molecular complexity index is 1480. The molecule has 4 aliphatic carbocycles. The van der Waals surface area contributed by atoms with E-state index >= 15 is 0 Å². The predicted octanol–water partition coefficient (Wildman–Crippen LogP) is 5.44. The summed E-state index contributed by atoms with van der Waals surface area (Å²) in [5.74, 6) is -1.44. The van der Waals surface area contributed by atoms with Crippen molar-refractivity contribution in [3.63, 3.8) is 0 Å². The lowest BCUT2D eigenvalue weighted by Crippen LogP contribution is -2.45. The maximum absolute atomic E-state index is 14.6. The van der Waals surface area contributed by atoms with Crippen molar-refractivity contribution in [3.8, 4) is 6.07 Å². The molecule has 1 saturated heterocycles. The summed E-state index contributed by atoms with van der Waals surface area (Å²) in [7, 11) is 3.06. The van der Waals surface area contributed by atoms with Gasteiger partial charge in [0.05, 0.1) is 30.8 Å². The molecule has 2 saturated carbocycles. The van der Waals surface area contributed by atoms with Gasteiger partial charge < -0.3 is 24.1 Å². The van der Waals surface area contributed by atoms with Crippen molar-refractivity contribution in [2.24, 2.45) is 47.3 Å². The molecule has 12 atom stereocenters. The highest BCUT2D eigenvalue weighted by molar-refractivity contribution is 6.24. The van der Waals surface area contributed by atoms with Crippen LogP contribution in [0.25, 0.3) is 5.57 Å². The molecule has 1 aromatic rings. The summed E-state index contributed by atoms with van der Waals surface area (Å²) in [6, 6.07) is 9.26. The van der Waals surface area contributed by atoms with E-state index in [1.807, 2.05) is 26.0 Å². The summed E-state index contributed by atoms with van der Waals surface area (Å²) in [5.41, 5.74) is 2.61. The number of benzene rings is 1. The molecule has 1 aromatic carbocycles. The molecule has 0 radical (unpaired) electrons. The fourth-order valence-corrected chi connectivity index (χ4v) is 9.61. The normalized spacial score (nSPS) is 36.2. The van der Waals surface area contributed by atoms with Crippen molar-refractivity contribution >= 4 is 23.1 Å². The molecular formula is C39H49NO8. The number of aliphatic hydroxyl groups is 1. The Kier molecular flexibility index (Phi) is 10.7. The molecule has 6 rings (SSSR count). The minimum absolute atomic E-state index is 0.0307. The Morgan fingerprint density at radius 1 is 1.00 bits per heavy atom. The van der Waals surface area contributed by atoms with Gasteiger partial charge in [-0.3, -0.25) is 14.4 Å². The molecule has 1 N–H and O–H groups in total. The number of ether oxygens (including phenoxy) is 4. The van der Waals surface area contributed by atoms with Gasteiger partial charge in [0.1, 0.15) is 12.2 Å². The lowest BCUT2D eigenvalue weighted by atomic mass is 9.57. The van der Waals surface area contributed by atoms with E-state index in [4.69, 9.17) is 18.9 Å². The summed E-state index contributed by atoms with van der Waals surface area (Å²) in [6.45, 7) is 4.21. The molecule has 0 aromatic heterocycles. The summed E-state index contributed by atoms with van der Waals surface area (Å²) in [4.78, 5) is 42.4. The van der Waals surface area contributed by atoms with Crippen LogP contribution in [0.2, 0.25) is 0 Å². The Morgan fingerprint density at radius 2 is 1.71 bits per heavy atom. The maximum Gasteiger partial charge on any atom is 0.306 e.